The van der Waals surface area contributed by atoms with E-state index in [1.165, 1.54) is 4.57 Å². The minimum atomic E-state index is -1.41. The fourth-order valence-electron chi connectivity index (χ4n) is 7.23. The number of amides is 1. The summed E-state index contributed by atoms with van der Waals surface area (Å²) in [6, 6.07) is 41.8. The molecule has 5 aromatic rings. The first-order chi connectivity index (χ1) is 26.7. The van der Waals surface area contributed by atoms with Gasteiger partial charge in [-0.05, 0) is 69.0 Å². The van der Waals surface area contributed by atoms with Crippen LogP contribution < -0.4 is 16.3 Å². The zero-order chi connectivity index (χ0) is 38.8. The fourth-order valence-corrected chi connectivity index (χ4v) is 8.94. The molecule has 55 heavy (non-hydrogen) atoms. The number of carbonyl (C=O) groups excluding carboxylic acids is 1. The maximum atomic E-state index is 13.7. The number of benzene rings is 4. The molecule has 1 aromatic heterocycles. The Morgan fingerprint density at radius 2 is 1.36 bits per heavy atom. The van der Waals surface area contributed by atoms with Gasteiger partial charge in [-0.15, -0.1) is 0 Å². The molecule has 2 unspecified atom stereocenters. The van der Waals surface area contributed by atoms with Crippen LogP contribution in [0.1, 0.15) is 80.7 Å². The summed E-state index contributed by atoms with van der Waals surface area (Å²) in [4.78, 5) is 30.8. The molecule has 4 atom stereocenters. The van der Waals surface area contributed by atoms with Crippen molar-refractivity contribution in [2.24, 2.45) is 0 Å². The van der Waals surface area contributed by atoms with E-state index in [0.717, 1.165) is 23.1 Å². The topological polar surface area (TPSA) is 107 Å². The maximum Gasteiger partial charge on any atom is 0.351 e. The number of nitrogens with zero attached hydrogens (tertiary/aromatic N) is 3. The van der Waals surface area contributed by atoms with Crippen molar-refractivity contribution in [1.29, 1.82) is 0 Å². The van der Waals surface area contributed by atoms with E-state index in [1.807, 2.05) is 24.3 Å². The summed E-state index contributed by atoms with van der Waals surface area (Å²) in [7, 11) is -1.41. The summed E-state index contributed by atoms with van der Waals surface area (Å²) in [6.45, 7) is 11.5. The summed E-state index contributed by atoms with van der Waals surface area (Å²) in [5.74, 6) is -0.179. The molecule has 288 valence electrons. The maximum absolute atomic E-state index is 13.7. The van der Waals surface area contributed by atoms with Crippen LogP contribution in [-0.2, 0) is 19.3 Å². The molecular formula is C44H52N5O5P. The normalized spacial score (nSPS) is 17.9. The third-order valence-electron chi connectivity index (χ3n) is 9.68. The molecule has 0 spiro atoms. The third-order valence-corrected chi connectivity index (χ3v) is 11.8. The van der Waals surface area contributed by atoms with E-state index in [1.54, 1.807) is 36.5 Å². The van der Waals surface area contributed by atoms with Gasteiger partial charge in [0, 0.05) is 36.3 Å². The molecule has 6 rings (SSSR count). The monoisotopic (exact) mass is 761 g/mol. The van der Waals surface area contributed by atoms with Gasteiger partial charge in [-0.25, -0.2) is 9.46 Å². The SMILES string of the molecule is CCCOP(OC[C@H]1O[C@@H](n2ccc(NC(=O)c3ccccc3)nc2=O)CC1NC(c1ccccc1)(c1ccccc1)c1ccccc1)N(C(C)C)C(C)C. The van der Waals surface area contributed by atoms with Crippen LogP contribution in [0.4, 0.5) is 5.82 Å². The highest BCUT2D eigenvalue weighted by molar-refractivity contribution is 7.44. The van der Waals surface area contributed by atoms with E-state index in [9.17, 15) is 9.59 Å². The van der Waals surface area contributed by atoms with Gasteiger partial charge in [0.2, 0.25) is 0 Å². The van der Waals surface area contributed by atoms with E-state index in [0.29, 0.717) is 18.6 Å². The lowest BCUT2D eigenvalue weighted by Crippen LogP contribution is -2.53. The first kappa shape index (κ1) is 40.1. The number of aromatic nitrogens is 2. The average molecular weight is 762 g/mol. The van der Waals surface area contributed by atoms with Crippen LogP contribution in [0, 0.1) is 0 Å². The van der Waals surface area contributed by atoms with Crippen molar-refractivity contribution in [3.63, 3.8) is 0 Å². The van der Waals surface area contributed by atoms with E-state index in [2.05, 4.69) is 128 Å². The van der Waals surface area contributed by atoms with Gasteiger partial charge in [0.1, 0.15) is 12.0 Å². The quantitative estimate of drug-likeness (QED) is 0.0718. The molecule has 10 nitrogen and oxygen atoms in total. The summed E-state index contributed by atoms with van der Waals surface area (Å²) in [6.07, 6.45) is 1.78. The Kier molecular flexibility index (Phi) is 13.8. The van der Waals surface area contributed by atoms with Gasteiger partial charge in [-0.1, -0.05) is 116 Å². The predicted molar refractivity (Wildman–Crippen MR) is 219 cm³/mol. The summed E-state index contributed by atoms with van der Waals surface area (Å²) < 4.78 is 23.7. The van der Waals surface area contributed by atoms with Crippen LogP contribution in [0.3, 0.4) is 0 Å². The van der Waals surface area contributed by atoms with Crippen molar-refractivity contribution in [2.45, 2.75) is 83.5 Å². The van der Waals surface area contributed by atoms with Gasteiger partial charge < -0.3 is 19.1 Å². The number of carbonyl (C=O) groups is 1. The van der Waals surface area contributed by atoms with E-state index in [4.69, 9.17) is 13.8 Å². The number of anilines is 1. The smallest absolute Gasteiger partial charge is 0.351 e. The highest BCUT2D eigenvalue weighted by Crippen LogP contribution is 2.47. The van der Waals surface area contributed by atoms with Gasteiger partial charge in [0.25, 0.3) is 14.4 Å². The molecule has 1 amide bonds. The second-order valence-corrected chi connectivity index (χ2v) is 15.7. The lowest BCUT2D eigenvalue weighted by atomic mass is 9.76. The summed E-state index contributed by atoms with van der Waals surface area (Å²) in [5, 5.41) is 6.85. The second kappa shape index (κ2) is 18.9. The van der Waals surface area contributed by atoms with Crippen LogP contribution in [-0.4, -0.2) is 57.6 Å². The molecule has 11 heteroatoms. The number of ether oxygens (including phenoxy) is 1. The molecule has 0 aliphatic carbocycles. The Morgan fingerprint density at radius 1 is 0.836 bits per heavy atom. The zero-order valence-electron chi connectivity index (χ0n) is 32.2. The van der Waals surface area contributed by atoms with Gasteiger partial charge in [-0.3, -0.25) is 14.7 Å². The van der Waals surface area contributed by atoms with Crippen LogP contribution in [0.15, 0.2) is 138 Å². The molecule has 1 fully saturated rings. The Labute approximate surface area is 325 Å². The molecule has 1 aliphatic rings. The van der Waals surface area contributed by atoms with Crippen molar-refractivity contribution in [3.05, 3.63) is 166 Å². The predicted octanol–water partition coefficient (Wildman–Crippen LogP) is 8.52. The van der Waals surface area contributed by atoms with Crippen molar-refractivity contribution < 1.29 is 18.6 Å². The number of hydrogen-bond donors (Lipinski definition) is 2. The molecule has 0 bridgehead atoms. The Bertz CT molecular complexity index is 1890. The van der Waals surface area contributed by atoms with E-state index in [-0.39, 0.29) is 36.5 Å². The van der Waals surface area contributed by atoms with Crippen molar-refractivity contribution in [2.75, 3.05) is 18.5 Å². The average Bonchev–Trinajstić information content (AvgIpc) is 3.60. The lowest BCUT2D eigenvalue weighted by molar-refractivity contribution is -0.0278. The molecule has 2 N–H and O–H groups in total. The van der Waals surface area contributed by atoms with E-state index >= 15 is 0 Å². The van der Waals surface area contributed by atoms with Crippen molar-refractivity contribution in [1.82, 2.24) is 19.5 Å². The molecule has 4 aromatic carbocycles. The number of nitrogens with one attached hydrogen (secondary N) is 2. The van der Waals surface area contributed by atoms with Crippen LogP contribution in [0.5, 0.6) is 0 Å². The Morgan fingerprint density at radius 3 is 1.85 bits per heavy atom. The fraction of sp³-hybridized carbons (Fsp3) is 0.341. The van der Waals surface area contributed by atoms with E-state index < -0.39 is 32.1 Å². The van der Waals surface area contributed by atoms with Crippen LogP contribution in [0.2, 0.25) is 0 Å². The standard InChI is InChI=1S/C44H52N5O5P/c1-6-29-52-55(49(32(2)3)33(4)5)53-31-39-38(30-41(54-39)48-28-27-40(46-43(48)51)45-42(50)34-19-11-7-12-20-34)47-44(35-21-13-8-14-22-35,36-23-15-9-16-24-36)37-25-17-10-18-26-37/h7-28,32-33,38-39,41,47H,6,29-31H2,1-5H3,(H,45,46,50,51)/t38?,39-,41-,55?/m1/s1. The highest BCUT2D eigenvalue weighted by atomic mass is 31.2. The van der Waals surface area contributed by atoms with Gasteiger partial charge >= 0.3 is 5.69 Å². The van der Waals surface area contributed by atoms with Crippen LogP contribution in [0.25, 0.3) is 0 Å². The first-order valence-corrected chi connectivity index (χ1v) is 20.2. The van der Waals surface area contributed by atoms with Crippen molar-refractivity contribution >= 4 is 20.3 Å². The second-order valence-electron chi connectivity index (χ2n) is 14.2. The molecule has 2 heterocycles. The molecule has 0 saturated carbocycles. The first-order valence-electron chi connectivity index (χ1n) is 19.1. The molecule has 1 aliphatic heterocycles. The number of rotatable bonds is 17. The van der Waals surface area contributed by atoms with Gasteiger partial charge in [0.15, 0.2) is 0 Å². The third kappa shape index (κ3) is 9.47. The minimum absolute atomic E-state index is 0.167. The van der Waals surface area contributed by atoms with Gasteiger partial charge in [-0.2, -0.15) is 4.98 Å². The van der Waals surface area contributed by atoms with Crippen molar-refractivity contribution in [3.8, 4) is 0 Å². The van der Waals surface area contributed by atoms with Gasteiger partial charge in [0.05, 0.1) is 24.9 Å². The molecule has 1 saturated heterocycles. The highest BCUT2D eigenvalue weighted by Gasteiger charge is 2.45. The molecular weight excluding hydrogens is 709 g/mol. The largest absolute Gasteiger partial charge is 0.351 e. The minimum Gasteiger partial charge on any atom is -0.351 e. The van der Waals surface area contributed by atoms with Crippen LogP contribution >= 0.6 is 8.53 Å². The Balaban J connectivity index is 1.37. The summed E-state index contributed by atoms with van der Waals surface area (Å²) in [5.41, 5.74) is 2.34. The number of hydrogen-bond acceptors (Lipinski definition) is 8. The zero-order valence-corrected chi connectivity index (χ0v) is 33.1. The lowest BCUT2D eigenvalue weighted by Gasteiger charge is -2.40. The Hall–Kier alpha value is -4.54. The summed E-state index contributed by atoms with van der Waals surface area (Å²) >= 11 is 0. The molecule has 0 radical (unpaired) electrons.